The molecule has 33 heavy (non-hydrogen) atoms. The first-order chi connectivity index (χ1) is 15.8. The Labute approximate surface area is 193 Å². The van der Waals surface area contributed by atoms with Crippen LogP contribution in [-0.2, 0) is 16.6 Å². The molecule has 1 heterocycles. The number of carboxylic acid groups (broad SMARTS) is 1. The van der Waals surface area contributed by atoms with Crippen molar-refractivity contribution in [1.82, 2.24) is 4.31 Å². The minimum Gasteiger partial charge on any atom is -0.493 e. The van der Waals surface area contributed by atoms with Crippen LogP contribution in [-0.4, -0.2) is 44.6 Å². The number of carboxylic acids is 1. The van der Waals surface area contributed by atoms with E-state index in [0.29, 0.717) is 17.1 Å². The second-order valence-corrected chi connectivity index (χ2v) is 9.90. The molecule has 1 aliphatic rings. The summed E-state index contributed by atoms with van der Waals surface area (Å²) in [5.41, 5.74) is 3.20. The summed E-state index contributed by atoms with van der Waals surface area (Å²) >= 11 is 0. The van der Waals surface area contributed by atoms with Gasteiger partial charge in [-0.25, -0.2) is 13.2 Å². The van der Waals surface area contributed by atoms with Gasteiger partial charge in [0, 0.05) is 19.0 Å². The van der Waals surface area contributed by atoms with Crippen LogP contribution in [0, 0.1) is 6.92 Å². The fraction of sp³-hybridized carbons (Fsp3) is 0.240. The number of benzene rings is 3. The van der Waals surface area contributed by atoms with Gasteiger partial charge in [0.1, 0.15) is 0 Å². The topological polar surface area (TPSA) is 93.1 Å². The van der Waals surface area contributed by atoms with Crippen molar-refractivity contribution in [1.29, 1.82) is 0 Å². The van der Waals surface area contributed by atoms with Crippen molar-refractivity contribution in [2.24, 2.45) is 0 Å². The zero-order valence-corrected chi connectivity index (χ0v) is 19.4. The van der Waals surface area contributed by atoms with Crippen LogP contribution in [0.1, 0.15) is 38.5 Å². The Hall–Kier alpha value is -3.36. The maximum Gasteiger partial charge on any atom is 0.336 e. The second-order valence-electron chi connectivity index (χ2n) is 7.96. The number of nitrogens with zero attached hydrogens (tertiary/aromatic N) is 1. The van der Waals surface area contributed by atoms with Crippen LogP contribution in [0.3, 0.4) is 0 Å². The predicted molar refractivity (Wildman–Crippen MR) is 124 cm³/mol. The molecule has 8 heteroatoms. The molecule has 172 valence electrons. The second kappa shape index (κ2) is 8.88. The number of aryl methyl sites for hydroxylation is 1. The van der Waals surface area contributed by atoms with Gasteiger partial charge in [0.25, 0.3) is 0 Å². The van der Waals surface area contributed by atoms with Crippen LogP contribution in [0.4, 0.5) is 0 Å². The molecule has 0 bridgehead atoms. The van der Waals surface area contributed by atoms with E-state index in [9.17, 15) is 18.3 Å². The summed E-state index contributed by atoms with van der Waals surface area (Å²) in [6.45, 7) is 2.20. The van der Waals surface area contributed by atoms with E-state index in [1.54, 1.807) is 30.3 Å². The van der Waals surface area contributed by atoms with Crippen molar-refractivity contribution >= 4 is 16.0 Å². The van der Waals surface area contributed by atoms with Crippen molar-refractivity contribution < 1.29 is 27.8 Å². The number of rotatable bonds is 6. The van der Waals surface area contributed by atoms with E-state index in [-0.39, 0.29) is 23.5 Å². The zero-order chi connectivity index (χ0) is 23.8. The molecule has 0 saturated carbocycles. The van der Waals surface area contributed by atoms with Gasteiger partial charge in [0.2, 0.25) is 10.0 Å². The van der Waals surface area contributed by atoms with Gasteiger partial charge in [-0.05, 0) is 47.9 Å². The standard InChI is InChI=1S/C25H25NO6S/c1-16-8-10-18(11-9-16)33(29,30)26-14-17-6-4-5-7-19(17)22(15-26)20-12-23(31-2)24(32-3)13-21(20)25(27)28/h4-13,22H,14-15H2,1-3H3,(H,27,28). The van der Waals surface area contributed by atoms with Gasteiger partial charge in [-0.1, -0.05) is 42.0 Å². The van der Waals surface area contributed by atoms with Crippen LogP contribution in [0.15, 0.2) is 65.6 Å². The first kappa shape index (κ1) is 22.8. The van der Waals surface area contributed by atoms with Crippen molar-refractivity contribution in [2.45, 2.75) is 24.3 Å². The Bertz CT molecular complexity index is 1300. The molecular formula is C25H25NO6S. The van der Waals surface area contributed by atoms with Crippen LogP contribution in [0.2, 0.25) is 0 Å². The Morgan fingerprint density at radius 2 is 1.61 bits per heavy atom. The van der Waals surface area contributed by atoms with Gasteiger partial charge in [0.15, 0.2) is 11.5 Å². The lowest BCUT2D eigenvalue weighted by Crippen LogP contribution is -2.39. The minimum atomic E-state index is -3.79. The number of fused-ring (bicyclic) bond motifs is 1. The van der Waals surface area contributed by atoms with E-state index in [0.717, 1.165) is 16.7 Å². The van der Waals surface area contributed by atoms with E-state index in [4.69, 9.17) is 9.47 Å². The number of methoxy groups -OCH3 is 2. The Morgan fingerprint density at radius 1 is 0.970 bits per heavy atom. The number of sulfonamides is 1. The highest BCUT2D eigenvalue weighted by Crippen LogP contribution is 2.41. The normalized spacial score (nSPS) is 16.2. The molecule has 0 radical (unpaired) electrons. The molecule has 0 fully saturated rings. The Kier molecular flexibility index (Phi) is 6.14. The van der Waals surface area contributed by atoms with Gasteiger partial charge in [-0.3, -0.25) is 0 Å². The molecule has 1 aliphatic heterocycles. The van der Waals surface area contributed by atoms with Crippen LogP contribution >= 0.6 is 0 Å². The minimum absolute atomic E-state index is 0.0436. The van der Waals surface area contributed by atoms with Crippen molar-refractivity contribution in [3.05, 3.63) is 88.5 Å². The highest BCUT2D eigenvalue weighted by atomic mass is 32.2. The third kappa shape index (κ3) is 4.19. The third-order valence-corrected chi connectivity index (χ3v) is 7.81. The lowest BCUT2D eigenvalue weighted by Gasteiger charge is -2.35. The molecule has 0 spiro atoms. The summed E-state index contributed by atoms with van der Waals surface area (Å²) in [5, 5.41) is 9.93. The molecule has 7 nitrogen and oxygen atoms in total. The van der Waals surface area contributed by atoms with E-state index < -0.39 is 21.9 Å². The van der Waals surface area contributed by atoms with Gasteiger partial charge in [-0.15, -0.1) is 0 Å². The first-order valence-corrected chi connectivity index (χ1v) is 11.8. The van der Waals surface area contributed by atoms with Crippen molar-refractivity contribution in [2.75, 3.05) is 20.8 Å². The number of hydrogen-bond donors (Lipinski definition) is 1. The molecule has 0 aromatic heterocycles. The third-order valence-electron chi connectivity index (χ3n) is 5.98. The maximum absolute atomic E-state index is 13.5. The van der Waals surface area contributed by atoms with E-state index in [1.807, 2.05) is 31.2 Å². The number of carbonyl (C=O) groups is 1. The smallest absolute Gasteiger partial charge is 0.336 e. The monoisotopic (exact) mass is 467 g/mol. The number of hydrogen-bond acceptors (Lipinski definition) is 5. The zero-order valence-electron chi connectivity index (χ0n) is 18.6. The van der Waals surface area contributed by atoms with Gasteiger partial charge >= 0.3 is 5.97 Å². The lowest BCUT2D eigenvalue weighted by molar-refractivity contribution is 0.0694. The van der Waals surface area contributed by atoms with Crippen LogP contribution < -0.4 is 9.47 Å². The van der Waals surface area contributed by atoms with Gasteiger partial charge in [-0.2, -0.15) is 4.31 Å². The summed E-state index contributed by atoms with van der Waals surface area (Å²) in [5.74, 6) is -0.941. The summed E-state index contributed by atoms with van der Waals surface area (Å²) in [6, 6.07) is 17.3. The largest absolute Gasteiger partial charge is 0.493 e. The Balaban J connectivity index is 1.87. The number of ether oxygens (including phenoxy) is 2. The molecule has 4 rings (SSSR count). The maximum atomic E-state index is 13.5. The fourth-order valence-electron chi connectivity index (χ4n) is 4.25. The van der Waals surface area contributed by atoms with Crippen molar-refractivity contribution in [3.63, 3.8) is 0 Å². The molecule has 3 aromatic rings. The first-order valence-electron chi connectivity index (χ1n) is 10.4. The van der Waals surface area contributed by atoms with E-state index in [1.165, 1.54) is 24.6 Å². The highest BCUT2D eigenvalue weighted by molar-refractivity contribution is 7.89. The van der Waals surface area contributed by atoms with Crippen molar-refractivity contribution in [3.8, 4) is 11.5 Å². The number of aromatic carboxylic acids is 1. The average molecular weight is 468 g/mol. The summed E-state index contributed by atoms with van der Waals surface area (Å²) < 4.78 is 39.1. The van der Waals surface area contributed by atoms with E-state index in [2.05, 4.69) is 0 Å². The van der Waals surface area contributed by atoms with Gasteiger partial charge in [0.05, 0.1) is 24.7 Å². The molecule has 1 N–H and O–H groups in total. The van der Waals surface area contributed by atoms with E-state index >= 15 is 0 Å². The van der Waals surface area contributed by atoms with Crippen LogP contribution in [0.5, 0.6) is 11.5 Å². The SMILES string of the molecule is COc1cc(C(=O)O)c(C2CN(S(=O)(=O)c3ccc(C)cc3)Cc3ccccc32)cc1OC. The lowest BCUT2D eigenvalue weighted by atomic mass is 9.83. The van der Waals surface area contributed by atoms with Gasteiger partial charge < -0.3 is 14.6 Å². The van der Waals surface area contributed by atoms with Crippen LogP contribution in [0.25, 0.3) is 0 Å². The Morgan fingerprint density at radius 3 is 2.24 bits per heavy atom. The molecule has 0 saturated heterocycles. The molecule has 1 unspecified atom stereocenters. The summed E-state index contributed by atoms with van der Waals surface area (Å²) in [7, 11) is -0.877. The summed E-state index contributed by atoms with van der Waals surface area (Å²) in [4.78, 5) is 12.4. The molecule has 3 aromatic carbocycles. The quantitative estimate of drug-likeness (QED) is 0.588. The fourth-order valence-corrected chi connectivity index (χ4v) is 5.68. The average Bonchev–Trinajstić information content (AvgIpc) is 2.82. The predicted octanol–water partition coefficient (Wildman–Crippen LogP) is 4.05. The molecular weight excluding hydrogens is 442 g/mol. The molecule has 1 atom stereocenters. The highest BCUT2D eigenvalue weighted by Gasteiger charge is 2.36. The molecule has 0 amide bonds. The molecule has 0 aliphatic carbocycles. The summed E-state index contributed by atoms with van der Waals surface area (Å²) in [6.07, 6.45) is 0.